The molecule has 1 N–H and O–H groups in total. The highest BCUT2D eigenvalue weighted by Crippen LogP contribution is 2.14. The molecule has 24 heavy (non-hydrogen) atoms. The third-order valence-corrected chi connectivity index (χ3v) is 4.14. The second-order valence-corrected chi connectivity index (χ2v) is 5.74. The van der Waals surface area contributed by atoms with Gasteiger partial charge in [-0.3, -0.25) is 9.69 Å². The molecule has 0 radical (unpaired) electrons. The molecular formula is C17H21FN4O2. The lowest BCUT2D eigenvalue weighted by Gasteiger charge is -2.26. The first-order valence-electron chi connectivity index (χ1n) is 8.04. The maximum atomic E-state index is 13.0. The van der Waals surface area contributed by atoms with E-state index in [1.165, 1.54) is 12.1 Å². The number of nitrogens with zero attached hydrogens (tertiary/aromatic N) is 3. The van der Waals surface area contributed by atoms with E-state index < -0.39 is 0 Å². The number of carbonyl (C=O) groups excluding carboxylic acids is 1. The van der Waals surface area contributed by atoms with E-state index in [0.29, 0.717) is 12.1 Å². The fourth-order valence-corrected chi connectivity index (χ4v) is 2.72. The number of amides is 1. The Hall–Kier alpha value is -2.25. The summed E-state index contributed by atoms with van der Waals surface area (Å²) >= 11 is 0. The van der Waals surface area contributed by atoms with Crippen molar-refractivity contribution in [3.8, 4) is 5.69 Å². The van der Waals surface area contributed by atoms with Crippen LogP contribution in [0, 0.1) is 12.7 Å². The molecule has 3 rings (SSSR count). The van der Waals surface area contributed by atoms with Crippen LogP contribution in [0.15, 0.2) is 30.5 Å². The highest BCUT2D eigenvalue weighted by Gasteiger charge is 2.16. The quantitative estimate of drug-likeness (QED) is 0.899. The van der Waals surface area contributed by atoms with Gasteiger partial charge in [-0.05, 0) is 31.2 Å². The minimum absolute atomic E-state index is 0.144. The van der Waals surface area contributed by atoms with Crippen LogP contribution in [0.25, 0.3) is 5.69 Å². The standard InChI is InChI=1S/C17H21FN4O2/c1-13-16(12-20-22(13)15-4-2-14(18)3-5-15)17(23)19-6-7-21-8-10-24-11-9-21/h2-5,12H,6-11H2,1H3,(H,19,23). The Balaban J connectivity index is 1.60. The maximum Gasteiger partial charge on any atom is 0.254 e. The smallest absolute Gasteiger partial charge is 0.254 e. The van der Waals surface area contributed by atoms with E-state index in [0.717, 1.165) is 44.2 Å². The number of nitrogens with one attached hydrogen (secondary N) is 1. The highest BCUT2D eigenvalue weighted by molar-refractivity contribution is 5.95. The second kappa shape index (κ2) is 7.55. The summed E-state index contributed by atoms with van der Waals surface area (Å²) < 4.78 is 20.0. The van der Waals surface area contributed by atoms with Crippen molar-refractivity contribution in [3.63, 3.8) is 0 Å². The topological polar surface area (TPSA) is 59.4 Å². The summed E-state index contributed by atoms with van der Waals surface area (Å²) in [5.41, 5.74) is 1.98. The molecule has 0 spiro atoms. The Kier molecular flexibility index (Phi) is 5.22. The first kappa shape index (κ1) is 16.6. The van der Waals surface area contributed by atoms with E-state index >= 15 is 0 Å². The van der Waals surface area contributed by atoms with Gasteiger partial charge in [-0.2, -0.15) is 5.10 Å². The van der Waals surface area contributed by atoms with Crippen molar-refractivity contribution in [2.45, 2.75) is 6.92 Å². The molecule has 0 bridgehead atoms. The summed E-state index contributed by atoms with van der Waals surface area (Å²) in [7, 11) is 0. The lowest BCUT2D eigenvalue weighted by atomic mass is 10.2. The molecule has 1 aliphatic heterocycles. The van der Waals surface area contributed by atoms with E-state index in [9.17, 15) is 9.18 Å². The molecule has 0 unspecified atom stereocenters. The number of hydrogen-bond donors (Lipinski definition) is 1. The van der Waals surface area contributed by atoms with Crippen molar-refractivity contribution in [2.75, 3.05) is 39.4 Å². The molecule has 0 saturated carbocycles. The molecule has 2 heterocycles. The van der Waals surface area contributed by atoms with Crippen LogP contribution >= 0.6 is 0 Å². The number of benzene rings is 1. The number of rotatable bonds is 5. The summed E-state index contributed by atoms with van der Waals surface area (Å²) in [5, 5.41) is 7.17. The normalized spacial score (nSPS) is 15.4. The molecule has 6 nitrogen and oxygen atoms in total. The molecular weight excluding hydrogens is 311 g/mol. The molecule has 2 aromatic rings. The second-order valence-electron chi connectivity index (χ2n) is 5.74. The number of halogens is 1. The maximum absolute atomic E-state index is 13.0. The van der Waals surface area contributed by atoms with Crippen LogP contribution in [0.2, 0.25) is 0 Å². The van der Waals surface area contributed by atoms with Crippen LogP contribution in [0.4, 0.5) is 4.39 Å². The minimum Gasteiger partial charge on any atom is -0.379 e. The molecule has 1 aromatic heterocycles. The molecule has 1 saturated heterocycles. The monoisotopic (exact) mass is 332 g/mol. The Labute approximate surface area is 140 Å². The summed E-state index contributed by atoms with van der Waals surface area (Å²) in [6.07, 6.45) is 1.54. The molecule has 128 valence electrons. The number of ether oxygens (including phenoxy) is 1. The first-order valence-corrected chi connectivity index (χ1v) is 8.04. The zero-order valence-electron chi connectivity index (χ0n) is 13.7. The third-order valence-electron chi connectivity index (χ3n) is 4.14. The summed E-state index contributed by atoms with van der Waals surface area (Å²) in [6, 6.07) is 6.02. The van der Waals surface area contributed by atoms with Gasteiger partial charge in [0.2, 0.25) is 0 Å². The SMILES string of the molecule is Cc1c(C(=O)NCCN2CCOCC2)cnn1-c1ccc(F)cc1. The van der Waals surface area contributed by atoms with E-state index in [-0.39, 0.29) is 11.7 Å². The van der Waals surface area contributed by atoms with Gasteiger partial charge in [0.25, 0.3) is 5.91 Å². The van der Waals surface area contributed by atoms with Gasteiger partial charge in [0.15, 0.2) is 0 Å². The van der Waals surface area contributed by atoms with Gasteiger partial charge in [-0.15, -0.1) is 0 Å². The summed E-state index contributed by atoms with van der Waals surface area (Å²) in [6.45, 7) is 6.51. The highest BCUT2D eigenvalue weighted by atomic mass is 19.1. The van der Waals surface area contributed by atoms with Crippen molar-refractivity contribution in [3.05, 3.63) is 47.5 Å². The molecule has 0 aliphatic carbocycles. The predicted molar refractivity (Wildman–Crippen MR) is 87.9 cm³/mol. The molecule has 0 atom stereocenters. The Morgan fingerprint density at radius 3 is 2.71 bits per heavy atom. The zero-order valence-corrected chi connectivity index (χ0v) is 13.7. The van der Waals surface area contributed by atoms with Gasteiger partial charge in [0.1, 0.15) is 5.82 Å². The zero-order chi connectivity index (χ0) is 16.9. The number of morpholine rings is 1. The van der Waals surface area contributed by atoms with Crippen LogP contribution in [0.5, 0.6) is 0 Å². The predicted octanol–water partition coefficient (Wildman–Crippen LogP) is 1.38. The summed E-state index contributed by atoms with van der Waals surface area (Å²) in [4.78, 5) is 14.6. The average molecular weight is 332 g/mol. The van der Waals surface area contributed by atoms with Gasteiger partial charge >= 0.3 is 0 Å². The van der Waals surface area contributed by atoms with Gasteiger partial charge in [0.05, 0.1) is 36.4 Å². The number of hydrogen-bond acceptors (Lipinski definition) is 4. The van der Waals surface area contributed by atoms with Gasteiger partial charge in [0, 0.05) is 26.2 Å². The van der Waals surface area contributed by atoms with Crippen molar-refractivity contribution < 1.29 is 13.9 Å². The number of aromatic nitrogens is 2. The van der Waals surface area contributed by atoms with Crippen molar-refractivity contribution in [1.82, 2.24) is 20.0 Å². The molecule has 1 fully saturated rings. The van der Waals surface area contributed by atoms with Crippen molar-refractivity contribution in [1.29, 1.82) is 0 Å². The summed E-state index contributed by atoms with van der Waals surface area (Å²) in [5.74, 6) is -0.446. The fourth-order valence-electron chi connectivity index (χ4n) is 2.72. The van der Waals surface area contributed by atoms with Gasteiger partial charge < -0.3 is 10.1 Å². The van der Waals surface area contributed by atoms with Crippen LogP contribution in [-0.4, -0.2) is 60.0 Å². The number of carbonyl (C=O) groups is 1. The minimum atomic E-state index is -0.301. The van der Waals surface area contributed by atoms with E-state index in [4.69, 9.17) is 4.74 Å². The van der Waals surface area contributed by atoms with Crippen LogP contribution < -0.4 is 5.32 Å². The molecule has 1 amide bonds. The van der Waals surface area contributed by atoms with Crippen LogP contribution in [0.3, 0.4) is 0 Å². The Morgan fingerprint density at radius 1 is 1.29 bits per heavy atom. The van der Waals surface area contributed by atoms with Crippen LogP contribution in [0.1, 0.15) is 16.1 Å². The third kappa shape index (κ3) is 3.80. The van der Waals surface area contributed by atoms with Gasteiger partial charge in [-0.25, -0.2) is 9.07 Å². The molecule has 7 heteroatoms. The van der Waals surface area contributed by atoms with Gasteiger partial charge in [-0.1, -0.05) is 0 Å². The van der Waals surface area contributed by atoms with Crippen molar-refractivity contribution in [2.24, 2.45) is 0 Å². The lowest BCUT2D eigenvalue weighted by Crippen LogP contribution is -2.41. The Morgan fingerprint density at radius 2 is 2.00 bits per heavy atom. The average Bonchev–Trinajstić information content (AvgIpc) is 2.98. The van der Waals surface area contributed by atoms with E-state index in [1.54, 1.807) is 23.0 Å². The lowest BCUT2D eigenvalue weighted by molar-refractivity contribution is 0.0383. The molecule has 1 aromatic carbocycles. The van der Waals surface area contributed by atoms with E-state index in [1.807, 2.05) is 6.92 Å². The first-order chi connectivity index (χ1) is 11.6. The molecule has 1 aliphatic rings. The largest absolute Gasteiger partial charge is 0.379 e. The Bertz CT molecular complexity index is 693. The van der Waals surface area contributed by atoms with Crippen LogP contribution in [-0.2, 0) is 4.74 Å². The van der Waals surface area contributed by atoms with Crippen molar-refractivity contribution >= 4 is 5.91 Å². The fraction of sp³-hybridized carbons (Fsp3) is 0.412. The van der Waals surface area contributed by atoms with E-state index in [2.05, 4.69) is 15.3 Å².